The summed E-state index contributed by atoms with van der Waals surface area (Å²) in [6, 6.07) is 11.2. The largest absolute Gasteiger partial charge is 0.494 e. The topological polar surface area (TPSA) is 51.2 Å². The third-order valence-corrected chi connectivity index (χ3v) is 4.01. The molecule has 0 aliphatic carbocycles. The summed E-state index contributed by atoms with van der Waals surface area (Å²) in [4.78, 5) is 17.4. The number of hydrogen-bond donors (Lipinski definition) is 1. The van der Waals surface area contributed by atoms with Crippen LogP contribution in [-0.2, 0) is 0 Å². The number of aryl methyl sites for hydroxylation is 1. The Kier molecular flexibility index (Phi) is 3.58. The fraction of sp³-hybridized carbons (Fsp3) is 0.125. The number of benzene rings is 1. The Hall–Kier alpha value is -2.40. The molecule has 3 rings (SSSR count). The third kappa shape index (κ3) is 2.60. The Bertz CT molecular complexity index is 797. The van der Waals surface area contributed by atoms with Gasteiger partial charge < -0.3 is 10.1 Å². The van der Waals surface area contributed by atoms with Crippen molar-refractivity contribution in [3.63, 3.8) is 0 Å². The first-order valence-electron chi connectivity index (χ1n) is 6.48. The molecule has 21 heavy (non-hydrogen) atoms. The Labute approximate surface area is 126 Å². The van der Waals surface area contributed by atoms with Crippen molar-refractivity contribution in [2.24, 2.45) is 0 Å². The molecule has 0 radical (unpaired) electrons. The van der Waals surface area contributed by atoms with Crippen LogP contribution >= 0.6 is 11.3 Å². The number of para-hydroxylation sites is 1. The standard InChI is InChI=1S/C16H14N2O2S/c1-10-9-12(18-16(19)14-7-4-8-21-14)11-5-3-6-13(20-2)15(11)17-10/h3-9H,1-2H3,(H,17,18,19). The minimum absolute atomic E-state index is 0.111. The van der Waals surface area contributed by atoms with Crippen LogP contribution in [0.5, 0.6) is 5.75 Å². The average molecular weight is 298 g/mol. The zero-order valence-corrected chi connectivity index (χ0v) is 12.5. The smallest absolute Gasteiger partial charge is 0.265 e. The number of carbonyl (C=O) groups excluding carboxylic acids is 1. The van der Waals surface area contributed by atoms with Gasteiger partial charge in [0, 0.05) is 11.1 Å². The highest BCUT2D eigenvalue weighted by Crippen LogP contribution is 2.30. The Morgan fingerprint density at radius 3 is 2.86 bits per heavy atom. The Balaban J connectivity index is 2.08. The predicted molar refractivity (Wildman–Crippen MR) is 85.3 cm³/mol. The van der Waals surface area contributed by atoms with Crippen LogP contribution < -0.4 is 10.1 Å². The van der Waals surface area contributed by atoms with Crippen molar-refractivity contribution in [3.8, 4) is 5.75 Å². The van der Waals surface area contributed by atoms with Gasteiger partial charge in [0.05, 0.1) is 17.7 Å². The van der Waals surface area contributed by atoms with Gasteiger partial charge in [0.15, 0.2) is 0 Å². The number of fused-ring (bicyclic) bond motifs is 1. The molecule has 0 saturated carbocycles. The number of amides is 1. The fourth-order valence-corrected chi connectivity index (χ4v) is 2.83. The highest BCUT2D eigenvalue weighted by atomic mass is 32.1. The number of nitrogens with one attached hydrogen (secondary N) is 1. The highest BCUT2D eigenvalue weighted by Gasteiger charge is 2.12. The number of carbonyl (C=O) groups is 1. The molecule has 0 unspecified atom stereocenters. The summed E-state index contributed by atoms with van der Waals surface area (Å²) in [7, 11) is 1.61. The second kappa shape index (κ2) is 5.54. The summed E-state index contributed by atoms with van der Waals surface area (Å²) in [6.45, 7) is 1.90. The summed E-state index contributed by atoms with van der Waals surface area (Å²) in [6.07, 6.45) is 0. The maximum atomic E-state index is 12.2. The molecule has 3 aromatic rings. The minimum Gasteiger partial charge on any atom is -0.494 e. The Morgan fingerprint density at radius 1 is 1.29 bits per heavy atom. The van der Waals surface area contributed by atoms with Gasteiger partial charge in [-0.3, -0.25) is 4.79 Å². The van der Waals surface area contributed by atoms with Crippen LogP contribution in [0.4, 0.5) is 5.69 Å². The molecule has 0 bridgehead atoms. The monoisotopic (exact) mass is 298 g/mol. The molecule has 5 heteroatoms. The van der Waals surface area contributed by atoms with E-state index < -0.39 is 0 Å². The van der Waals surface area contributed by atoms with Gasteiger partial charge in [-0.05, 0) is 30.5 Å². The molecule has 106 valence electrons. The number of hydrogen-bond acceptors (Lipinski definition) is 4. The average Bonchev–Trinajstić information content (AvgIpc) is 3.01. The maximum absolute atomic E-state index is 12.2. The lowest BCUT2D eigenvalue weighted by molar-refractivity contribution is 0.103. The molecular weight excluding hydrogens is 284 g/mol. The van der Waals surface area contributed by atoms with Crippen molar-refractivity contribution in [1.82, 2.24) is 4.98 Å². The van der Waals surface area contributed by atoms with Gasteiger partial charge in [0.25, 0.3) is 5.91 Å². The van der Waals surface area contributed by atoms with Crippen molar-refractivity contribution in [2.75, 3.05) is 12.4 Å². The normalized spacial score (nSPS) is 10.6. The van der Waals surface area contributed by atoms with Gasteiger partial charge in [-0.15, -0.1) is 11.3 Å². The number of nitrogens with zero attached hydrogens (tertiary/aromatic N) is 1. The number of ether oxygens (including phenoxy) is 1. The second-order valence-corrected chi connectivity index (χ2v) is 5.55. The van der Waals surface area contributed by atoms with Gasteiger partial charge in [-0.2, -0.15) is 0 Å². The number of methoxy groups -OCH3 is 1. The molecule has 1 N–H and O–H groups in total. The van der Waals surface area contributed by atoms with E-state index in [1.165, 1.54) is 11.3 Å². The van der Waals surface area contributed by atoms with Crippen molar-refractivity contribution in [2.45, 2.75) is 6.92 Å². The summed E-state index contributed by atoms with van der Waals surface area (Å²) < 4.78 is 5.34. The van der Waals surface area contributed by atoms with Crippen molar-refractivity contribution >= 4 is 33.8 Å². The van der Waals surface area contributed by atoms with Gasteiger partial charge >= 0.3 is 0 Å². The zero-order chi connectivity index (χ0) is 14.8. The van der Waals surface area contributed by atoms with E-state index in [2.05, 4.69) is 10.3 Å². The van der Waals surface area contributed by atoms with Gasteiger partial charge in [-0.25, -0.2) is 4.98 Å². The van der Waals surface area contributed by atoms with E-state index in [9.17, 15) is 4.79 Å². The van der Waals surface area contributed by atoms with E-state index >= 15 is 0 Å². The van der Waals surface area contributed by atoms with Crippen LogP contribution in [0.2, 0.25) is 0 Å². The SMILES string of the molecule is COc1cccc2c(NC(=O)c3cccs3)cc(C)nc12. The van der Waals surface area contributed by atoms with Gasteiger partial charge in [0.2, 0.25) is 0 Å². The van der Waals surface area contributed by atoms with Crippen molar-refractivity contribution in [3.05, 3.63) is 52.3 Å². The molecule has 1 amide bonds. The molecule has 0 spiro atoms. The highest BCUT2D eigenvalue weighted by molar-refractivity contribution is 7.12. The fourth-order valence-electron chi connectivity index (χ4n) is 2.21. The first kappa shape index (κ1) is 13.6. The molecule has 0 fully saturated rings. The summed E-state index contributed by atoms with van der Waals surface area (Å²) in [5.74, 6) is 0.586. The first-order valence-corrected chi connectivity index (χ1v) is 7.36. The quantitative estimate of drug-likeness (QED) is 0.798. The number of aromatic nitrogens is 1. The van der Waals surface area contributed by atoms with Crippen LogP contribution in [0.25, 0.3) is 10.9 Å². The zero-order valence-electron chi connectivity index (χ0n) is 11.7. The van der Waals surface area contributed by atoms with E-state index in [0.29, 0.717) is 10.6 Å². The van der Waals surface area contributed by atoms with E-state index in [1.807, 2.05) is 42.6 Å². The van der Waals surface area contributed by atoms with Crippen LogP contribution in [-0.4, -0.2) is 18.0 Å². The maximum Gasteiger partial charge on any atom is 0.265 e. The summed E-state index contributed by atoms with van der Waals surface area (Å²) in [5.41, 5.74) is 2.32. The second-order valence-electron chi connectivity index (χ2n) is 4.60. The van der Waals surface area contributed by atoms with E-state index in [1.54, 1.807) is 13.2 Å². The summed E-state index contributed by atoms with van der Waals surface area (Å²) >= 11 is 1.42. The van der Waals surface area contributed by atoms with Gasteiger partial charge in [0.1, 0.15) is 11.3 Å². The first-order chi connectivity index (χ1) is 10.2. The molecule has 2 heterocycles. The van der Waals surface area contributed by atoms with Crippen LogP contribution in [0, 0.1) is 6.92 Å². The van der Waals surface area contributed by atoms with Crippen LogP contribution in [0.3, 0.4) is 0 Å². The van der Waals surface area contributed by atoms with E-state index in [4.69, 9.17) is 4.74 Å². The lowest BCUT2D eigenvalue weighted by Crippen LogP contribution is -2.11. The molecular formula is C16H14N2O2S. The van der Waals surface area contributed by atoms with Gasteiger partial charge in [-0.1, -0.05) is 18.2 Å². The van der Waals surface area contributed by atoms with Crippen LogP contribution in [0.15, 0.2) is 41.8 Å². The number of thiophene rings is 1. The molecule has 2 aromatic heterocycles. The molecule has 0 atom stereocenters. The molecule has 0 aliphatic rings. The lowest BCUT2D eigenvalue weighted by atomic mass is 10.1. The van der Waals surface area contributed by atoms with Crippen molar-refractivity contribution in [1.29, 1.82) is 0 Å². The summed E-state index contributed by atoms with van der Waals surface area (Å²) in [5, 5.41) is 5.70. The number of pyridine rings is 1. The molecule has 4 nitrogen and oxygen atoms in total. The minimum atomic E-state index is -0.111. The third-order valence-electron chi connectivity index (χ3n) is 3.14. The number of anilines is 1. The predicted octanol–water partition coefficient (Wildman–Crippen LogP) is 3.87. The van der Waals surface area contributed by atoms with Crippen LogP contribution in [0.1, 0.15) is 15.4 Å². The number of rotatable bonds is 3. The Morgan fingerprint density at radius 2 is 2.14 bits per heavy atom. The van der Waals surface area contributed by atoms with E-state index in [-0.39, 0.29) is 5.91 Å². The van der Waals surface area contributed by atoms with E-state index in [0.717, 1.165) is 22.3 Å². The molecule has 0 saturated heterocycles. The molecule has 0 aliphatic heterocycles. The lowest BCUT2D eigenvalue weighted by Gasteiger charge is -2.11. The molecule has 1 aromatic carbocycles. The van der Waals surface area contributed by atoms with Crippen molar-refractivity contribution < 1.29 is 9.53 Å².